The molecule has 0 spiro atoms. The smallest absolute Gasteiger partial charge is 0.309 e. The van der Waals surface area contributed by atoms with Gasteiger partial charge in [0.1, 0.15) is 5.82 Å². The van der Waals surface area contributed by atoms with Crippen molar-refractivity contribution in [3.8, 4) is 0 Å². The van der Waals surface area contributed by atoms with Crippen LogP contribution in [0.1, 0.15) is 18.4 Å². The summed E-state index contributed by atoms with van der Waals surface area (Å²) >= 11 is 3.07. The molecule has 2 heterocycles. The average Bonchev–Trinajstić information content (AvgIpc) is 2.93. The maximum atomic E-state index is 10.6. The van der Waals surface area contributed by atoms with Gasteiger partial charge in [-0.05, 0) is 6.92 Å². The lowest BCUT2D eigenvalue weighted by atomic mass is 10.3. The second-order valence-electron chi connectivity index (χ2n) is 3.59. The van der Waals surface area contributed by atoms with Crippen LogP contribution >= 0.6 is 23.1 Å². The fraction of sp³-hybridized carbons (Fsp3) is 0.364. The highest BCUT2D eigenvalue weighted by Gasteiger charge is 2.08. The Morgan fingerprint density at radius 1 is 1.61 bits per heavy atom. The minimum Gasteiger partial charge on any atom is -0.481 e. The van der Waals surface area contributed by atoms with Gasteiger partial charge in [0.2, 0.25) is 0 Å². The predicted molar refractivity (Wildman–Crippen MR) is 70.9 cm³/mol. The third-order valence-corrected chi connectivity index (χ3v) is 4.40. The number of carboxylic acid groups (broad SMARTS) is 1. The van der Waals surface area contributed by atoms with Crippen LogP contribution in [0.4, 0.5) is 0 Å². The highest BCUT2D eigenvalue weighted by atomic mass is 32.2. The van der Waals surface area contributed by atoms with Gasteiger partial charge in [-0.1, -0.05) is 11.8 Å². The molecule has 96 valence electrons. The van der Waals surface area contributed by atoms with E-state index in [1.165, 1.54) is 11.3 Å². The molecule has 2 aromatic heterocycles. The molecule has 0 aliphatic rings. The molecule has 0 aliphatic carbocycles. The first kappa shape index (κ1) is 13.1. The van der Waals surface area contributed by atoms with Crippen LogP contribution in [-0.4, -0.2) is 25.6 Å². The summed E-state index contributed by atoms with van der Waals surface area (Å²) in [5.41, 5.74) is 0.619. The molecule has 0 unspecified atom stereocenters. The van der Waals surface area contributed by atoms with E-state index in [9.17, 15) is 4.79 Å². The van der Waals surface area contributed by atoms with E-state index in [1.807, 2.05) is 6.20 Å². The van der Waals surface area contributed by atoms with Gasteiger partial charge in [0.25, 0.3) is 0 Å². The number of aliphatic carboxylic acids is 1. The second-order valence-corrected chi connectivity index (χ2v) is 5.67. The highest BCUT2D eigenvalue weighted by Crippen LogP contribution is 2.25. The Morgan fingerprint density at radius 3 is 3.17 bits per heavy atom. The Bertz CT molecular complexity index is 536. The van der Waals surface area contributed by atoms with Gasteiger partial charge in [0.05, 0.1) is 17.9 Å². The molecular weight excluding hydrogens is 270 g/mol. The number of hydrogen-bond donors (Lipinski definition) is 1. The Hall–Kier alpha value is -1.34. The quantitative estimate of drug-likeness (QED) is 0.824. The number of aromatic nitrogens is 3. The molecule has 0 fully saturated rings. The van der Waals surface area contributed by atoms with Crippen molar-refractivity contribution in [1.82, 2.24) is 14.5 Å². The summed E-state index contributed by atoms with van der Waals surface area (Å²) in [7, 11) is 0. The third kappa shape index (κ3) is 3.33. The van der Waals surface area contributed by atoms with Crippen molar-refractivity contribution in [1.29, 1.82) is 0 Å². The maximum Gasteiger partial charge on any atom is 0.309 e. The highest BCUT2D eigenvalue weighted by molar-refractivity contribution is 8.00. The standard InChI is InChI=1S/C11H13N3O2S2/c1-2-14-4-3-12-9(14)7-18-11-13-8(6-17-11)5-10(15)16/h3-4,6H,2,5,7H2,1H3,(H,15,16). The molecular formula is C11H13N3O2S2. The lowest BCUT2D eigenvalue weighted by Crippen LogP contribution is -2.00. The number of thioether (sulfide) groups is 1. The van der Waals surface area contributed by atoms with Gasteiger partial charge in [-0.15, -0.1) is 11.3 Å². The van der Waals surface area contributed by atoms with Gasteiger partial charge < -0.3 is 9.67 Å². The number of aryl methyl sites for hydroxylation is 1. The molecule has 2 aromatic rings. The SMILES string of the molecule is CCn1ccnc1CSc1nc(CC(=O)O)cs1. The first-order valence-electron chi connectivity index (χ1n) is 5.48. The average molecular weight is 283 g/mol. The van der Waals surface area contributed by atoms with E-state index in [4.69, 9.17) is 5.11 Å². The monoisotopic (exact) mass is 283 g/mol. The number of carbonyl (C=O) groups is 1. The van der Waals surface area contributed by atoms with Crippen LogP contribution in [0.2, 0.25) is 0 Å². The summed E-state index contributed by atoms with van der Waals surface area (Å²) in [5.74, 6) is 0.914. The summed E-state index contributed by atoms with van der Waals surface area (Å²) in [5, 5.41) is 10.5. The van der Waals surface area contributed by atoms with Crippen molar-refractivity contribution < 1.29 is 9.90 Å². The van der Waals surface area contributed by atoms with Gasteiger partial charge in [-0.3, -0.25) is 4.79 Å². The summed E-state index contributed by atoms with van der Waals surface area (Å²) in [6.07, 6.45) is 3.73. The van der Waals surface area contributed by atoms with Crippen molar-refractivity contribution in [3.63, 3.8) is 0 Å². The van der Waals surface area contributed by atoms with Crippen LogP contribution in [0.15, 0.2) is 22.1 Å². The van der Waals surface area contributed by atoms with E-state index in [1.54, 1.807) is 23.3 Å². The molecule has 0 aromatic carbocycles. The zero-order valence-corrected chi connectivity index (χ0v) is 11.5. The van der Waals surface area contributed by atoms with Crippen LogP contribution in [-0.2, 0) is 23.5 Å². The largest absolute Gasteiger partial charge is 0.481 e. The zero-order valence-electron chi connectivity index (χ0n) is 9.87. The van der Waals surface area contributed by atoms with Crippen molar-refractivity contribution in [2.45, 2.75) is 30.0 Å². The van der Waals surface area contributed by atoms with Crippen LogP contribution in [0.25, 0.3) is 0 Å². The lowest BCUT2D eigenvalue weighted by Gasteiger charge is -2.02. The summed E-state index contributed by atoms with van der Waals surface area (Å²) in [4.78, 5) is 19.1. The van der Waals surface area contributed by atoms with E-state index in [2.05, 4.69) is 21.5 Å². The Kier molecular flexibility index (Phi) is 4.38. The summed E-state index contributed by atoms with van der Waals surface area (Å²) in [6, 6.07) is 0. The minimum atomic E-state index is -0.849. The molecule has 7 heteroatoms. The van der Waals surface area contributed by atoms with E-state index in [0.29, 0.717) is 5.69 Å². The molecule has 0 radical (unpaired) electrons. The van der Waals surface area contributed by atoms with Crippen molar-refractivity contribution in [2.24, 2.45) is 0 Å². The molecule has 0 bridgehead atoms. The molecule has 18 heavy (non-hydrogen) atoms. The van der Waals surface area contributed by atoms with Crippen LogP contribution < -0.4 is 0 Å². The fourth-order valence-corrected chi connectivity index (χ4v) is 3.30. The maximum absolute atomic E-state index is 10.6. The number of nitrogens with zero attached hydrogens (tertiary/aromatic N) is 3. The second kappa shape index (κ2) is 6.01. The molecule has 0 saturated heterocycles. The molecule has 0 atom stereocenters. The van der Waals surface area contributed by atoms with Gasteiger partial charge >= 0.3 is 5.97 Å². The van der Waals surface area contributed by atoms with Crippen molar-refractivity contribution in [3.05, 3.63) is 29.3 Å². The number of rotatable bonds is 6. The summed E-state index contributed by atoms with van der Waals surface area (Å²) < 4.78 is 2.97. The Balaban J connectivity index is 1.94. The lowest BCUT2D eigenvalue weighted by molar-refractivity contribution is -0.136. The zero-order chi connectivity index (χ0) is 13.0. The predicted octanol–water partition coefficient (Wildman–Crippen LogP) is 2.28. The molecule has 0 amide bonds. The Morgan fingerprint density at radius 2 is 2.44 bits per heavy atom. The van der Waals surface area contributed by atoms with Gasteiger partial charge in [0.15, 0.2) is 4.34 Å². The number of carboxylic acids is 1. The number of hydrogen-bond acceptors (Lipinski definition) is 5. The van der Waals surface area contributed by atoms with Crippen molar-refractivity contribution in [2.75, 3.05) is 0 Å². The van der Waals surface area contributed by atoms with E-state index >= 15 is 0 Å². The van der Waals surface area contributed by atoms with Gasteiger partial charge in [0, 0.05) is 24.3 Å². The molecule has 1 N–H and O–H groups in total. The van der Waals surface area contributed by atoms with E-state index < -0.39 is 5.97 Å². The molecule has 5 nitrogen and oxygen atoms in total. The number of imidazole rings is 1. The topological polar surface area (TPSA) is 68.0 Å². The number of thiazole rings is 1. The molecule has 2 rings (SSSR count). The summed E-state index contributed by atoms with van der Waals surface area (Å²) in [6.45, 7) is 2.97. The molecule has 0 aliphatic heterocycles. The molecule has 0 saturated carbocycles. The van der Waals surface area contributed by atoms with E-state index in [-0.39, 0.29) is 6.42 Å². The Labute approximate surface area is 113 Å². The van der Waals surface area contributed by atoms with E-state index in [0.717, 1.165) is 22.5 Å². The van der Waals surface area contributed by atoms with Crippen LogP contribution in [0, 0.1) is 0 Å². The van der Waals surface area contributed by atoms with Gasteiger partial charge in [-0.2, -0.15) is 0 Å². The third-order valence-electron chi connectivity index (χ3n) is 2.33. The normalized spacial score (nSPS) is 10.7. The van der Waals surface area contributed by atoms with Crippen LogP contribution in [0.5, 0.6) is 0 Å². The first-order valence-corrected chi connectivity index (χ1v) is 7.34. The van der Waals surface area contributed by atoms with Crippen molar-refractivity contribution >= 4 is 29.1 Å². The van der Waals surface area contributed by atoms with Gasteiger partial charge in [-0.25, -0.2) is 9.97 Å². The fourth-order valence-electron chi connectivity index (χ4n) is 1.49. The van der Waals surface area contributed by atoms with Crippen LogP contribution in [0.3, 0.4) is 0 Å². The first-order chi connectivity index (χ1) is 8.69. The minimum absolute atomic E-state index is 0.0132.